The molecule has 26 heavy (non-hydrogen) atoms. The zero-order valence-corrected chi connectivity index (χ0v) is 14.7. The van der Waals surface area contributed by atoms with E-state index in [-0.39, 0.29) is 18.7 Å². The van der Waals surface area contributed by atoms with Crippen molar-refractivity contribution in [2.24, 2.45) is 0 Å². The van der Waals surface area contributed by atoms with Crippen LogP contribution in [0, 0.1) is 0 Å². The van der Waals surface area contributed by atoms with Gasteiger partial charge in [0.05, 0.1) is 31.2 Å². The zero-order valence-electron chi connectivity index (χ0n) is 13.9. The van der Waals surface area contributed by atoms with Crippen molar-refractivity contribution < 1.29 is 14.6 Å². The Hall–Kier alpha value is -2.48. The number of aromatic nitrogens is 3. The maximum absolute atomic E-state index is 12.3. The first-order valence-electron chi connectivity index (χ1n) is 8.08. The van der Waals surface area contributed by atoms with E-state index < -0.39 is 6.10 Å². The van der Waals surface area contributed by atoms with Crippen LogP contribution in [-0.2, 0) is 11.3 Å². The van der Waals surface area contributed by atoms with Gasteiger partial charge < -0.3 is 14.6 Å². The third kappa shape index (κ3) is 4.78. The van der Waals surface area contributed by atoms with Gasteiger partial charge in [0.25, 0.3) is 5.56 Å². The Morgan fingerprint density at radius 1 is 1.15 bits per heavy atom. The molecule has 3 rings (SSSR count). The maximum atomic E-state index is 12.3. The lowest BCUT2D eigenvalue weighted by Gasteiger charge is -2.13. The Labute approximate surface area is 154 Å². The van der Waals surface area contributed by atoms with Gasteiger partial charge in [-0.3, -0.25) is 9.36 Å². The smallest absolute Gasteiger partial charge is 0.262 e. The molecule has 0 radical (unpaired) electrons. The molecule has 0 unspecified atom stereocenters. The lowest BCUT2D eigenvalue weighted by atomic mass is 10.3. The summed E-state index contributed by atoms with van der Waals surface area (Å²) in [7, 11) is 0. The molecule has 1 aromatic carbocycles. The molecule has 136 valence electrons. The molecule has 1 N–H and O–H groups in total. The number of halogens is 1. The third-order valence-electron chi connectivity index (χ3n) is 3.63. The van der Waals surface area contributed by atoms with Gasteiger partial charge in [-0.05, 0) is 36.4 Å². The van der Waals surface area contributed by atoms with Gasteiger partial charge in [0.1, 0.15) is 18.7 Å². The molecule has 0 saturated heterocycles. The number of hydrogen-bond donors (Lipinski definition) is 1. The van der Waals surface area contributed by atoms with Gasteiger partial charge in [-0.1, -0.05) is 11.6 Å². The quantitative estimate of drug-likeness (QED) is 0.605. The first-order valence-corrected chi connectivity index (χ1v) is 8.45. The molecule has 8 heteroatoms. The molecule has 0 amide bonds. The van der Waals surface area contributed by atoms with E-state index in [2.05, 4.69) is 9.97 Å². The number of rotatable bonds is 8. The number of nitrogens with zero attached hydrogens (tertiary/aromatic N) is 3. The van der Waals surface area contributed by atoms with Crippen LogP contribution in [0.25, 0.3) is 11.0 Å². The normalized spacial score (nSPS) is 12.2. The van der Waals surface area contributed by atoms with E-state index in [1.165, 1.54) is 10.9 Å². The number of ether oxygens (including phenoxy) is 2. The fourth-order valence-electron chi connectivity index (χ4n) is 2.38. The zero-order chi connectivity index (χ0) is 18.4. The van der Waals surface area contributed by atoms with Gasteiger partial charge in [-0.25, -0.2) is 9.97 Å². The van der Waals surface area contributed by atoms with E-state index in [1.807, 2.05) is 0 Å². The maximum Gasteiger partial charge on any atom is 0.262 e. The molecule has 2 aromatic heterocycles. The van der Waals surface area contributed by atoms with Gasteiger partial charge in [0.2, 0.25) is 0 Å². The number of hydrogen-bond acceptors (Lipinski definition) is 6. The van der Waals surface area contributed by atoms with Crippen molar-refractivity contribution in [3.8, 4) is 5.75 Å². The van der Waals surface area contributed by atoms with Crippen molar-refractivity contribution >= 4 is 22.6 Å². The van der Waals surface area contributed by atoms with Crippen LogP contribution in [0.3, 0.4) is 0 Å². The average molecular weight is 376 g/mol. The van der Waals surface area contributed by atoms with E-state index in [9.17, 15) is 9.90 Å². The van der Waals surface area contributed by atoms with E-state index in [0.29, 0.717) is 35.0 Å². The Kier molecular flexibility index (Phi) is 6.17. The highest BCUT2D eigenvalue weighted by Crippen LogP contribution is 2.15. The lowest BCUT2D eigenvalue weighted by molar-refractivity contribution is 0.0169. The summed E-state index contributed by atoms with van der Waals surface area (Å²) in [6.07, 6.45) is 2.12. The molecule has 0 aliphatic rings. The molecule has 3 aromatic rings. The average Bonchev–Trinajstić information content (AvgIpc) is 2.65. The summed E-state index contributed by atoms with van der Waals surface area (Å²) < 4.78 is 12.2. The molecule has 0 spiro atoms. The Morgan fingerprint density at radius 3 is 2.77 bits per heavy atom. The van der Waals surface area contributed by atoms with Gasteiger partial charge in [-0.15, -0.1) is 0 Å². The number of benzene rings is 1. The predicted octanol–water partition coefficient (Wildman–Crippen LogP) is 1.90. The number of aliphatic hydroxyl groups is 1. The van der Waals surface area contributed by atoms with Crippen LogP contribution < -0.4 is 10.3 Å². The minimum Gasteiger partial charge on any atom is -0.491 e. The van der Waals surface area contributed by atoms with Crippen LogP contribution >= 0.6 is 11.6 Å². The monoisotopic (exact) mass is 375 g/mol. The fraction of sp³-hybridized carbons (Fsp3) is 0.278. The Balaban J connectivity index is 1.44. The summed E-state index contributed by atoms with van der Waals surface area (Å²) in [5, 5.41) is 11.1. The SMILES string of the molecule is O=c1c2cccnc2ncn1C[C@@H](O)COCCOc1ccc(Cl)cc1. The molecule has 2 heterocycles. The van der Waals surface area contributed by atoms with Crippen LogP contribution in [-0.4, -0.2) is 45.6 Å². The third-order valence-corrected chi connectivity index (χ3v) is 3.88. The van der Waals surface area contributed by atoms with Crippen LogP contribution in [0.1, 0.15) is 0 Å². The molecule has 0 saturated carbocycles. The molecule has 0 bridgehead atoms. The summed E-state index contributed by atoms with van der Waals surface area (Å²) in [5.41, 5.74) is 0.145. The fourth-order valence-corrected chi connectivity index (χ4v) is 2.50. The van der Waals surface area contributed by atoms with Gasteiger partial charge in [0.15, 0.2) is 5.65 Å². The molecule has 0 aliphatic heterocycles. The van der Waals surface area contributed by atoms with Crippen molar-refractivity contribution in [2.45, 2.75) is 12.6 Å². The summed E-state index contributed by atoms with van der Waals surface area (Å²) in [5.74, 6) is 0.695. The highest BCUT2D eigenvalue weighted by atomic mass is 35.5. The van der Waals surface area contributed by atoms with Gasteiger partial charge in [0, 0.05) is 11.2 Å². The van der Waals surface area contributed by atoms with Crippen LogP contribution in [0.15, 0.2) is 53.7 Å². The van der Waals surface area contributed by atoms with Crippen molar-refractivity contribution in [3.05, 3.63) is 64.3 Å². The highest BCUT2D eigenvalue weighted by molar-refractivity contribution is 6.30. The number of aliphatic hydroxyl groups excluding tert-OH is 1. The minimum atomic E-state index is -0.834. The van der Waals surface area contributed by atoms with Crippen molar-refractivity contribution in [2.75, 3.05) is 19.8 Å². The Bertz CT molecular complexity index is 914. The van der Waals surface area contributed by atoms with Crippen LogP contribution in [0.4, 0.5) is 0 Å². The second kappa shape index (κ2) is 8.75. The van der Waals surface area contributed by atoms with E-state index in [4.69, 9.17) is 21.1 Å². The van der Waals surface area contributed by atoms with E-state index in [1.54, 1.807) is 42.6 Å². The first-order chi connectivity index (χ1) is 12.6. The lowest BCUT2D eigenvalue weighted by Crippen LogP contribution is -2.30. The number of pyridine rings is 1. The Morgan fingerprint density at radius 2 is 1.96 bits per heavy atom. The largest absolute Gasteiger partial charge is 0.491 e. The number of fused-ring (bicyclic) bond motifs is 1. The summed E-state index contributed by atoms with van der Waals surface area (Å²) in [6, 6.07) is 10.4. The van der Waals surface area contributed by atoms with Crippen LogP contribution in [0.2, 0.25) is 5.02 Å². The van der Waals surface area contributed by atoms with Crippen molar-refractivity contribution in [1.82, 2.24) is 14.5 Å². The standard InChI is InChI=1S/C18H18ClN3O4/c19-13-3-5-15(6-4-13)26-9-8-25-11-14(23)10-22-12-21-17-16(18(22)24)2-1-7-20-17/h1-7,12,14,23H,8-11H2/t14-/m1/s1. The minimum absolute atomic E-state index is 0.0848. The second-order valence-corrected chi connectivity index (χ2v) is 6.04. The molecule has 0 aliphatic carbocycles. The summed E-state index contributed by atoms with van der Waals surface area (Å²) in [4.78, 5) is 20.5. The molecular formula is C18H18ClN3O4. The molecule has 1 atom stereocenters. The second-order valence-electron chi connectivity index (χ2n) is 5.61. The van der Waals surface area contributed by atoms with E-state index >= 15 is 0 Å². The van der Waals surface area contributed by atoms with Gasteiger partial charge in [-0.2, -0.15) is 0 Å². The summed E-state index contributed by atoms with van der Waals surface area (Å²) in [6.45, 7) is 0.835. The molecular weight excluding hydrogens is 358 g/mol. The van der Waals surface area contributed by atoms with Crippen molar-refractivity contribution in [1.29, 1.82) is 0 Å². The van der Waals surface area contributed by atoms with Gasteiger partial charge >= 0.3 is 0 Å². The predicted molar refractivity (Wildman–Crippen MR) is 97.6 cm³/mol. The summed E-state index contributed by atoms with van der Waals surface area (Å²) >= 11 is 5.80. The van der Waals surface area contributed by atoms with Crippen molar-refractivity contribution in [3.63, 3.8) is 0 Å². The van der Waals surface area contributed by atoms with Crippen LogP contribution in [0.5, 0.6) is 5.75 Å². The van der Waals surface area contributed by atoms with E-state index in [0.717, 1.165) is 0 Å². The highest BCUT2D eigenvalue weighted by Gasteiger charge is 2.10. The molecule has 0 fully saturated rings. The topological polar surface area (TPSA) is 86.5 Å². The first kappa shape index (κ1) is 18.3. The molecule has 7 nitrogen and oxygen atoms in total.